The highest BCUT2D eigenvalue weighted by molar-refractivity contribution is 7.89. The molecule has 1 aliphatic rings. The van der Waals surface area contributed by atoms with E-state index >= 15 is 0 Å². The minimum atomic E-state index is -4.04. The summed E-state index contributed by atoms with van der Waals surface area (Å²) < 4.78 is 43.5. The van der Waals surface area contributed by atoms with Crippen LogP contribution in [0.1, 0.15) is 13.8 Å². The first-order valence-electron chi connectivity index (χ1n) is 8.71. The summed E-state index contributed by atoms with van der Waals surface area (Å²) >= 11 is 0. The number of carbonyl (C=O) groups excluding carboxylic acids is 2. The Morgan fingerprint density at radius 3 is 2.57 bits per heavy atom. The molecular weight excluding hydrogens is 388 g/mol. The highest BCUT2D eigenvalue weighted by atomic mass is 32.2. The van der Waals surface area contributed by atoms with Crippen molar-refractivity contribution >= 4 is 21.9 Å². The van der Waals surface area contributed by atoms with Gasteiger partial charge < -0.3 is 19.5 Å². The Morgan fingerprint density at radius 1 is 1.25 bits per heavy atom. The van der Waals surface area contributed by atoms with E-state index in [0.717, 1.165) is 0 Å². The number of ether oxygens (including phenoxy) is 3. The Morgan fingerprint density at radius 2 is 1.93 bits per heavy atom. The summed E-state index contributed by atoms with van der Waals surface area (Å²) in [5.41, 5.74) is 0. The molecule has 154 valence electrons. The van der Waals surface area contributed by atoms with Crippen LogP contribution in [0.4, 0.5) is 0 Å². The average Bonchev–Trinajstić information content (AvgIpc) is 2.68. The predicted octanol–water partition coefficient (Wildman–Crippen LogP) is 0.606. The zero-order valence-electron chi connectivity index (χ0n) is 15.8. The minimum absolute atomic E-state index is 0.0704. The average molecular weight is 412 g/mol. The summed E-state index contributed by atoms with van der Waals surface area (Å²) in [6, 6.07) is 3.03. The van der Waals surface area contributed by atoms with Crippen LogP contribution in [-0.4, -0.2) is 52.7 Å². The number of rotatable bonds is 9. The molecule has 1 amide bonds. The van der Waals surface area contributed by atoms with Crippen molar-refractivity contribution < 1.29 is 32.2 Å². The fraction of sp³-hybridized carbons (Fsp3) is 0.444. The number of nitrogens with one attached hydrogen (secondary N) is 2. The van der Waals surface area contributed by atoms with Crippen LogP contribution in [0.3, 0.4) is 0 Å². The number of hydrogen-bond donors (Lipinski definition) is 2. The number of esters is 1. The molecular formula is C18H24N2O7S. The molecule has 1 heterocycles. The van der Waals surface area contributed by atoms with Crippen molar-refractivity contribution in [1.29, 1.82) is 0 Å². The predicted molar refractivity (Wildman–Crippen MR) is 101 cm³/mol. The molecule has 1 aliphatic heterocycles. The lowest BCUT2D eigenvalue weighted by Crippen LogP contribution is -2.46. The van der Waals surface area contributed by atoms with Gasteiger partial charge in [-0.15, -0.1) is 6.58 Å². The molecule has 9 nitrogen and oxygen atoms in total. The summed E-state index contributed by atoms with van der Waals surface area (Å²) in [7, 11) is -4.04. The molecule has 2 rings (SSSR count). The second-order valence-corrected chi connectivity index (χ2v) is 8.06. The maximum Gasteiger partial charge on any atom is 0.324 e. The number of fused-ring (bicyclic) bond motifs is 1. The standard InChI is InChI=1S/C18H24N2O7S/c1-4-7-19-16(21)11-27-18(22)17(12(2)3)20-28(23,24)13-5-6-14-15(10-13)26-9-8-25-14/h4-6,10,12,17,20H,1,7-9,11H2,2-3H3,(H,19,21). The Hall–Kier alpha value is -2.59. The highest BCUT2D eigenvalue weighted by Crippen LogP contribution is 2.32. The van der Waals surface area contributed by atoms with Crippen molar-refractivity contribution in [2.45, 2.75) is 24.8 Å². The van der Waals surface area contributed by atoms with Crippen LogP contribution in [0.25, 0.3) is 0 Å². The van der Waals surface area contributed by atoms with Crippen molar-refractivity contribution in [1.82, 2.24) is 10.0 Å². The molecule has 0 saturated carbocycles. The Kier molecular flexibility index (Phi) is 7.41. The molecule has 0 spiro atoms. The summed E-state index contributed by atoms with van der Waals surface area (Å²) in [6.45, 7) is 7.22. The van der Waals surface area contributed by atoms with E-state index in [2.05, 4.69) is 16.6 Å². The third kappa shape index (κ3) is 5.70. The SMILES string of the molecule is C=CCNC(=O)COC(=O)C(NS(=O)(=O)c1ccc2c(c1)OCCO2)C(C)C. The van der Waals surface area contributed by atoms with Crippen LogP contribution < -0.4 is 19.5 Å². The van der Waals surface area contributed by atoms with Crippen molar-refractivity contribution in [2.75, 3.05) is 26.4 Å². The van der Waals surface area contributed by atoms with Gasteiger partial charge in [-0.05, 0) is 18.1 Å². The molecule has 1 aromatic carbocycles. The fourth-order valence-corrected chi connectivity index (χ4v) is 3.69. The van der Waals surface area contributed by atoms with Gasteiger partial charge in [0.25, 0.3) is 5.91 Å². The molecule has 1 unspecified atom stereocenters. The van der Waals surface area contributed by atoms with E-state index in [1.54, 1.807) is 13.8 Å². The first-order chi connectivity index (χ1) is 13.2. The molecule has 10 heteroatoms. The molecule has 0 fully saturated rings. The number of amides is 1. The lowest BCUT2D eigenvalue weighted by atomic mass is 10.1. The van der Waals surface area contributed by atoms with Crippen molar-refractivity contribution in [3.63, 3.8) is 0 Å². The summed E-state index contributed by atoms with van der Waals surface area (Å²) in [5, 5.41) is 2.46. The van der Waals surface area contributed by atoms with Crippen LogP contribution in [0.5, 0.6) is 11.5 Å². The topological polar surface area (TPSA) is 120 Å². The van der Waals surface area contributed by atoms with E-state index in [4.69, 9.17) is 14.2 Å². The van der Waals surface area contributed by atoms with Crippen molar-refractivity contribution in [3.8, 4) is 11.5 Å². The third-order valence-electron chi connectivity index (χ3n) is 3.82. The van der Waals surface area contributed by atoms with Gasteiger partial charge in [-0.25, -0.2) is 8.42 Å². The zero-order valence-corrected chi connectivity index (χ0v) is 16.6. The van der Waals surface area contributed by atoms with E-state index in [0.29, 0.717) is 24.7 Å². The molecule has 0 bridgehead atoms. The number of benzene rings is 1. The van der Waals surface area contributed by atoms with Crippen LogP contribution in [-0.2, 0) is 24.3 Å². The number of carbonyl (C=O) groups is 2. The zero-order chi connectivity index (χ0) is 20.7. The van der Waals surface area contributed by atoms with E-state index < -0.39 is 40.5 Å². The van der Waals surface area contributed by atoms with Crippen molar-refractivity contribution in [3.05, 3.63) is 30.9 Å². The maximum absolute atomic E-state index is 12.7. The van der Waals surface area contributed by atoms with Gasteiger partial charge in [-0.3, -0.25) is 9.59 Å². The van der Waals surface area contributed by atoms with Gasteiger partial charge in [-0.2, -0.15) is 4.72 Å². The van der Waals surface area contributed by atoms with Crippen molar-refractivity contribution in [2.24, 2.45) is 5.92 Å². The smallest absolute Gasteiger partial charge is 0.324 e. The summed E-state index contributed by atoms with van der Waals surface area (Å²) in [6.07, 6.45) is 1.48. The second kappa shape index (κ2) is 9.56. The van der Waals surface area contributed by atoms with Gasteiger partial charge in [0.15, 0.2) is 18.1 Å². The lowest BCUT2D eigenvalue weighted by molar-refractivity contribution is -0.151. The Bertz CT molecular complexity index is 836. The summed E-state index contributed by atoms with van der Waals surface area (Å²) in [5.74, 6) is -0.988. The summed E-state index contributed by atoms with van der Waals surface area (Å²) in [4.78, 5) is 23.8. The first-order valence-corrected chi connectivity index (χ1v) is 10.2. The van der Waals surface area contributed by atoms with Gasteiger partial charge in [0.2, 0.25) is 10.0 Å². The second-order valence-electron chi connectivity index (χ2n) is 6.35. The van der Waals surface area contributed by atoms with E-state index in [9.17, 15) is 18.0 Å². The van der Waals surface area contributed by atoms with E-state index in [-0.39, 0.29) is 11.4 Å². The minimum Gasteiger partial charge on any atom is -0.486 e. The highest BCUT2D eigenvalue weighted by Gasteiger charge is 2.30. The van der Waals surface area contributed by atoms with Gasteiger partial charge in [0.1, 0.15) is 19.3 Å². The van der Waals surface area contributed by atoms with Crippen LogP contribution >= 0.6 is 0 Å². The molecule has 28 heavy (non-hydrogen) atoms. The monoisotopic (exact) mass is 412 g/mol. The lowest BCUT2D eigenvalue weighted by Gasteiger charge is -2.22. The molecule has 0 aromatic heterocycles. The van der Waals surface area contributed by atoms with E-state index in [1.165, 1.54) is 24.3 Å². The largest absolute Gasteiger partial charge is 0.486 e. The Labute approximate surface area is 164 Å². The molecule has 1 aromatic rings. The van der Waals surface area contributed by atoms with Gasteiger partial charge in [0, 0.05) is 12.6 Å². The molecule has 1 atom stereocenters. The molecule has 0 aliphatic carbocycles. The molecule has 0 saturated heterocycles. The van der Waals surface area contributed by atoms with Crippen LogP contribution in [0.15, 0.2) is 35.7 Å². The quantitative estimate of drug-likeness (QED) is 0.450. The molecule has 0 radical (unpaired) electrons. The fourth-order valence-electron chi connectivity index (χ4n) is 2.35. The van der Waals surface area contributed by atoms with Gasteiger partial charge in [0.05, 0.1) is 4.90 Å². The number of sulfonamides is 1. The van der Waals surface area contributed by atoms with Gasteiger partial charge >= 0.3 is 5.97 Å². The Balaban J connectivity index is 2.08. The van der Waals surface area contributed by atoms with Crippen LogP contribution in [0.2, 0.25) is 0 Å². The number of hydrogen-bond acceptors (Lipinski definition) is 7. The van der Waals surface area contributed by atoms with Crippen LogP contribution in [0, 0.1) is 5.92 Å². The molecule has 2 N–H and O–H groups in total. The normalized spacial score (nSPS) is 14.2. The third-order valence-corrected chi connectivity index (χ3v) is 5.25. The van der Waals surface area contributed by atoms with Gasteiger partial charge in [-0.1, -0.05) is 19.9 Å². The first kappa shape index (κ1) is 21.7. The maximum atomic E-state index is 12.7. The van der Waals surface area contributed by atoms with E-state index in [1.807, 2.05) is 0 Å².